The molecule has 1 aromatic carbocycles. The number of halogens is 1. The number of hydrogen-bond acceptors (Lipinski definition) is 3. The molecule has 0 saturated carbocycles. The summed E-state index contributed by atoms with van der Waals surface area (Å²) in [5, 5.41) is 4.83. The van der Waals surface area contributed by atoms with Crippen LogP contribution in [0.2, 0.25) is 0 Å². The molecule has 1 saturated heterocycles. The molecule has 18 heavy (non-hydrogen) atoms. The van der Waals surface area contributed by atoms with Gasteiger partial charge in [-0.25, -0.2) is 0 Å². The van der Waals surface area contributed by atoms with Crippen LogP contribution in [-0.2, 0) is 9.59 Å². The third-order valence-electron chi connectivity index (χ3n) is 2.63. The number of nitrogens with one attached hydrogen (secondary N) is 2. The second kappa shape index (κ2) is 5.47. The van der Waals surface area contributed by atoms with E-state index in [4.69, 9.17) is 0 Å². The van der Waals surface area contributed by atoms with Gasteiger partial charge in [0.05, 0.1) is 0 Å². The summed E-state index contributed by atoms with van der Waals surface area (Å²) in [5.41, 5.74) is 0.506. The first-order valence-corrected chi connectivity index (χ1v) is 6.54. The molecular formula is C12H11IN2O3. The first-order valence-electron chi connectivity index (χ1n) is 5.46. The molecular weight excluding hydrogens is 347 g/mol. The van der Waals surface area contributed by atoms with E-state index in [0.717, 1.165) is 3.57 Å². The van der Waals surface area contributed by atoms with E-state index < -0.39 is 11.9 Å². The van der Waals surface area contributed by atoms with Crippen molar-refractivity contribution in [1.29, 1.82) is 0 Å². The lowest BCUT2D eigenvalue weighted by molar-refractivity contribution is -0.134. The van der Waals surface area contributed by atoms with Gasteiger partial charge in [0.25, 0.3) is 5.91 Å². The van der Waals surface area contributed by atoms with Crippen LogP contribution >= 0.6 is 22.6 Å². The maximum absolute atomic E-state index is 11.9. The molecule has 1 aromatic rings. The van der Waals surface area contributed by atoms with Crippen molar-refractivity contribution in [2.45, 2.75) is 18.9 Å². The standard InChI is InChI=1S/C12H11IN2O3/c13-8-3-1-2-7(6-8)11(17)14-9-4-5-10(16)15-12(9)18/h1-3,6,9H,4-5H2,(H,14,17)(H,15,16,18). The number of rotatable bonds is 2. The Labute approximate surface area is 117 Å². The van der Waals surface area contributed by atoms with Gasteiger partial charge in [0.2, 0.25) is 11.8 Å². The van der Waals surface area contributed by atoms with Gasteiger partial charge in [-0.05, 0) is 47.2 Å². The highest BCUT2D eigenvalue weighted by Gasteiger charge is 2.27. The van der Waals surface area contributed by atoms with Crippen molar-refractivity contribution in [2.75, 3.05) is 0 Å². The van der Waals surface area contributed by atoms with Crippen LogP contribution in [-0.4, -0.2) is 23.8 Å². The summed E-state index contributed by atoms with van der Waals surface area (Å²) in [7, 11) is 0. The van der Waals surface area contributed by atoms with E-state index in [1.165, 1.54) is 0 Å². The van der Waals surface area contributed by atoms with Crippen LogP contribution in [0.3, 0.4) is 0 Å². The quantitative estimate of drug-likeness (QED) is 0.608. The molecule has 0 radical (unpaired) electrons. The van der Waals surface area contributed by atoms with Crippen molar-refractivity contribution < 1.29 is 14.4 Å². The highest BCUT2D eigenvalue weighted by Crippen LogP contribution is 2.09. The minimum absolute atomic E-state index is 0.253. The zero-order chi connectivity index (χ0) is 13.1. The zero-order valence-electron chi connectivity index (χ0n) is 9.40. The highest BCUT2D eigenvalue weighted by molar-refractivity contribution is 14.1. The molecule has 0 aliphatic carbocycles. The van der Waals surface area contributed by atoms with Gasteiger partial charge in [-0.15, -0.1) is 0 Å². The lowest BCUT2D eigenvalue weighted by atomic mass is 10.1. The summed E-state index contributed by atoms with van der Waals surface area (Å²) in [4.78, 5) is 34.4. The minimum Gasteiger partial charge on any atom is -0.340 e. The lowest BCUT2D eigenvalue weighted by Crippen LogP contribution is -2.52. The maximum atomic E-state index is 11.9. The molecule has 0 spiro atoms. The van der Waals surface area contributed by atoms with Crippen LogP contribution < -0.4 is 10.6 Å². The molecule has 6 heteroatoms. The van der Waals surface area contributed by atoms with E-state index >= 15 is 0 Å². The molecule has 1 aliphatic heterocycles. The Hall–Kier alpha value is -1.44. The van der Waals surface area contributed by atoms with E-state index in [2.05, 4.69) is 33.2 Å². The summed E-state index contributed by atoms with van der Waals surface area (Å²) in [5.74, 6) is -1.03. The van der Waals surface area contributed by atoms with Crippen molar-refractivity contribution >= 4 is 40.3 Å². The largest absolute Gasteiger partial charge is 0.340 e. The summed E-state index contributed by atoms with van der Waals surface area (Å²) >= 11 is 2.11. The van der Waals surface area contributed by atoms with Crippen LogP contribution in [0.4, 0.5) is 0 Å². The SMILES string of the molecule is O=C1CCC(NC(=O)c2cccc(I)c2)C(=O)N1. The van der Waals surface area contributed by atoms with Crippen LogP contribution in [0.1, 0.15) is 23.2 Å². The second-order valence-electron chi connectivity index (χ2n) is 3.99. The van der Waals surface area contributed by atoms with Gasteiger partial charge in [-0.2, -0.15) is 0 Å². The van der Waals surface area contributed by atoms with Gasteiger partial charge in [0.15, 0.2) is 0 Å². The second-order valence-corrected chi connectivity index (χ2v) is 5.23. The number of benzene rings is 1. The van der Waals surface area contributed by atoms with Gasteiger partial charge in [-0.3, -0.25) is 19.7 Å². The Bertz CT molecular complexity index is 516. The molecule has 94 valence electrons. The number of amides is 3. The van der Waals surface area contributed by atoms with Gasteiger partial charge in [-0.1, -0.05) is 6.07 Å². The Balaban J connectivity index is 2.03. The molecule has 1 heterocycles. The van der Waals surface area contributed by atoms with Gasteiger partial charge in [0.1, 0.15) is 6.04 Å². The topological polar surface area (TPSA) is 75.3 Å². The fraction of sp³-hybridized carbons (Fsp3) is 0.250. The average Bonchev–Trinajstić information content (AvgIpc) is 2.32. The van der Waals surface area contributed by atoms with E-state index in [1.54, 1.807) is 18.2 Å². The minimum atomic E-state index is -0.631. The number of carbonyl (C=O) groups excluding carboxylic acids is 3. The number of hydrogen-bond donors (Lipinski definition) is 2. The first-order chi connectivity index (χ1) is 8.56. The predicted molar refractivity (Wildman–Crippen MR) is 72.8 cm³/mol. The Morgan fingerprint density at radius 1 is 1.39 bits per heavy atom. The molecule has 1 unspecified atom stereocenters. The summed E-state index contributed by atoms with van der Waals surface area (Å²) in [6, 6.07) is 6.45. The fourth-order valence-corrected chi connectivity index (χ4v) is 2.25. The smallest absolute Gasteiger partial charge is 0.251 e. The molecule has 3 amide bonds. The summed E-state index contributed by atoms with van der Waals surface area (Å²) in [6.45, 7) is 0. The van der Waals surface area contributed by atoms with Gasteiger partial charge < -0.3 is 5.32 Å². The molecule has 2 rings (SSSR count). The normalized spacial score (nSPS) is 19.3. The first kappa shape index (κ1) is 13.0. The molecule has 0 bridgehead atoms. The lowest BCUT2D eigenvalue weighted by Gasteiger charge is -2.21. The Kier molecular flexibility index (Phi) is 3.95. The molecule has 1 atom stereocenters. The fourth-order valence-electron chi connectivity index (χ4n) is 1.70. The van der Waals surface area contributed by atoms with Crippen LogP contribution in [0.15, 0.2) is 24.3 Å². The third-order valence-corrected chi connectivity index (χ3v) is 3.30. The molecule has 1 fully saturated rings. The molecule has 2 N–H and O–H groups in total. The summed E-state index contributed by atoms with van der Waals surface area (Å²) < 4.78 is 0.948. The Morgan fingerprint density at radius 3 is 2.83 bits per heavy atom. The maximum Gasteiger partial charge on any atom is 0.251 e. The zero-order valence-corrected chi connectivity index (χ0v) is 11.6. The van der Waals surface area contributed by atoms with Crippen LogP contribution in [0.25, 0.3) is 0 Å². The van der Waals surface area contributed by atoms with Crippen molar-refractivity contribution in [3.63, 3.8) is 0 Å². The predicted octanol–water partition coefficient (Wildman–Crippen LogP) is 0.826. The molecule has 5 nitrogen and oxygen atoms in total. The third kappa shape index (κ3) is 3.06. The van der Waals surface area contributed by atoms with Crippen molar-refractivity contribution in [1.82, 2.24) is 10.6 Å². The average molecular weight is 358 g/mol. The van der Waals surface area contributed by atoms with Crippen molar-refractivity contribution in [3.05, 3.63) is 33.4 Å². The van der Waals surface area contributed by atoms with Gasteiger partial charge >= 0.3 is 0 Å². The van der Waals surface area contributed by atoms with E-state index in [-0.39, 0.29) is 18.2 Å². The molecule has 1 aliphatic rings. The number of piperidine rings is 1. The van der Waals surface area contributed by atoms with Crippen molar-refractivity contribution in [2.24, 2.45) is 0 Å². The summed E-state index contributed by atoms with van der Waals surface area (Å²) in [6.07, 6.45) is 0.601. The monoisotopic (exact) mass is 358 g/mol. The van der Waals surface area contributed by atoms with E-state index in [9.17, 15) is 14.4 Å². The van der Waals surface area contributed by atoms with Crippen LogP contribution in [0.5, 0.6) is 0 Å². The van der Waals surface area contributed by atoms with Crippen LogP contribution in [0, 0.1) is 3.57 Å². The number of imide groups is 1. The highest BCUT2D eigenvalue weighted by atomic mass is 127. The van der Waals surface area contributed by atoms with Crippen molar-refractivity contribution in [3.8, 4) is 0 Å². The van der Waals surface area contributed by atoms with Gasteiger partial charge in [0, 0.05) is 15.6 Å². The van der Waals surface area contributed by atoms with E-state index in [0.29, 0.717) is 12.0 Å². The van der Waals surface area contributed by atoms with E-state index in [1.807, 2.05) is 6.07 Å². The number of carbonyl (C=O) groups is 3. The Morgan fingerprint density at radius 2 is 2.17 bits per heavy atom. The molecule has 0 aromatic heterocycles.